The van der Waals surface area contributed by atoms with Crippen LogP contribution in [0.1, 0.15) is 0 Å². The van der Waals surface area contributed by atoms with Crippen LogP contribution in [0.15, 0.2) is 24.8 Å². The van der Waals surface area contributed by atoms with Gasteiger partial charge in [0.2, 0.25) is 0 Å². The Kier molecular flexibility index (Phi) is 11.0. The van der Waals surface area contributed by atoms with Crippen molar-refractivity contribution < 1.29 is 30.7 Å². The lowest BCUT2D eigenvalue weighted by atomic mass is 10.6. The molecule has 0 saturated heterocycles. The summed E-state index contributed by atoms with van der Waals surface area (Å²) in [5, 5.41) is 0. The molecule has 0 atom stereocenters. The molecule has 0 heterocycles. The van der Waals surface area contributed by atoms with Gasteiger partial charge in [-0.3, -0.25) is 0 Å². The molecule has 8 heteroatoms. The third-order valence-electron chi connectivity index (χ3n) is 0.415. The van der Waals surface area contributed by atoms with Crippen molar-refractivity contribution in [1.82, 2.24) is 0 Å². The van der Waals surface area contributed by atoms with Crippen LogP contribution in [-0.2, 0) is 0 Å². The molecule has 0 nitrogen and oxygen atoms in total. The van der Waals surface area contributed by atoms with Gasteiger partial charge in [0.1, 0.15) is 0 Å². The van der Waals surface area contributed by atoms with Gasteiger partial charge in [0.25, 0.3) is 5.83 Å². The standard InChI is InChI=1S/C3F6.C2H3F.ClH/c4-1(2(5)6)3(7,8)9;1-2-3;/h;2H,1H2;1H. The van der Waals surface area contributed by atoms with Crippen LogP contribution in [0.4, 0.5) is 30.7 Å². The lowest BCUT2D eigenvalue weighted by Gasteiger charge is -1.98. The highest BCUT2D eigenvalue weighted by molar-refractivity contribution is 5.85. The fraction of sp³-hybridized carbons (Fsp3) is 0.200. The largest absolute Gasteiger partial charge is 0.448 e. The summed E-state index contributed by atoms with van der Waals surface area (Å²) in [6, 6.07) is 0. The SMILES string of the molecule is C=CF.Cl.FC(F)=C(F)C(F)(F)F. The molecule has 0 N–H and O–H groups in total. The molecule has 0 bridgehead atoms. The second kappa shape index (κ2) is 7.90. The number of alkyl halides is 3. The Morgan fingerprint density at radius 1 is 1.08 bits per heavy atom. The van der Waals surface area contributed by atoms with Crippen molar-refractivity contribution >= 4 is 12.4 Å². The number of hydrogen-bond donors (Lipinski definition) is 0. The molecular formula is C5H4ClF7. The summed E-state index contributed by atoms with van der Waals surface area (Å²) < 4.78 is 74.9. The highest BCUT2D eigenvalue weighted by atomic mass is 35.5. The van der Waals surface area contributed by atoms with Crippen molar-refractivity contribution in [3.63, 3.8) is 0 Å². The monoisotopic (exact) mass is 232 g/mol. The van der Waals surface area contributed by atoms with E-state index >= 15 is 0 Å². The number of halogens is 8. The van der Waals surface area contributed by atoms with E-state index in [1.54, 1.807) is 0 Å². The summed E-state index contributed by atoms with van der Waals surface area (Å²) >= 11 is 0. The summed E-state index contributed by atoms with van der Waals surface area (Å²) in [5.41, 5.74) is 0. The molecule has 0 radical (unpaired) electrons. The van der Waals surface area contributed by atoms with Crippen molar-refractivity contribution in [3.8, 4) is 0 Å². The molecule has 0 fully saturated rings. The van der Waals surface area contributed by atoms with Gasteiger partial charge in [-0.15, -0.1) is 12.4 Å². The predicted molar refractivity (Wildman–Crippen MR) is 35.0 cm³/mol. The van der Waals surface area contributed by atoms with Crippen LogP contribution in [0.25, 0.3) is 0 Å². The lowest BCUT2D eigenvalue weighted by molar-refractivity contribution is -0.113. The minimum Gasteiger partial charge on any atom is -0.216 e. The maximum absolute atomic E-state index is 11.0. The zero-order chi connectivity index (χ0) is 10.4. The first-order chi connectivity index (χ1) is 5.27. The first-order valence-electron chi connectivity index (χ1n) is 2.26. The molecule has 13 heavy (non-hydrogen) atoms. The van der Waals surface area contributed by atoms with Crippen LogP contribution in [0.5, 0.6) is 0 Å². The van der Waals surface area contributed by atoms with Crippen LogP contribution >= 0.6 is 12.4 Å². The summed E-state index contributed by atoms with van der Waals surface area (Å²) in [4.78, 5) is 0. The molecule has 0 aromatic rings. The molecule has 0 spiro atoms. The second-order valence-corrected chi connectivity index (χ2v) is 1.23. The normalized spacial score (nSPS) is 8.85. The Labute approximate surface area is 75.1 Å². The highest BCUT2D eigenvalue weighted by Crippen LogP contribution is 2.29. The van der Waals surface area contributed by atoms with Crippen LogP contribution in [-0.4, -0.2) is 6.18 Å². The summed E-state index contributed by atoms with van der Waals surface area (Å²) in [5.74, 6) is -3.33. The van der Waals surface area contributed by atoms with Gasteiger partial charge in [0.15, 0.2) is 0 Å². The number of rotatable bonds is 0. The van der Waals surface area contributed by atoms with E-state index in [1.165, 1.54) is 0 Å². The van der Waals surface area contributed by atoms with Gasteiger partial charge in [-0.25, -0.2) is 4.39 Å². The zero-order valence-electron chi connectivity index (χ0n) is 5.84. The van der Waals surface area contributed by atoms with Gasteiger partial charge < -0.3 is 0 Å². The molecule has 0 unspecified atom stereocenters. The number of hydrogen-bond acceptors (Lipinski definition) is 0. The van der Waals surface area contributed by atoms with E-state index in [0.29, 0.717) is 0 Å². The average molecular weight is 233 g/mol. The zero-order valence-corrected chi connectivity index (χ0v) is 6.65. The maximum atomic E-state index is 11.0. The van der Waals surface area contributed by atoms with E-state index in [0.717, 1.165) is 0 Å². The Morgan fingerprint density at radius 2 is 1.31 bits per heavy atom. The second-order valence-electron chi connectivity index (χ2n) is 1.23. The van der Waals surface area contributed by atoms with Crippen molar-refractivity contribution in [3.05, 3.63) is 24.8 Å². The fourth-order valence-electron chi connectivity index (χ4n) is 0.107. The minimum atomic E-state index is -5.56. The first kappa shape index (κ1) is 18.1. The molecule has 0 saturated carbocycles. The maximum Gasteiger partial charge on any atom is 0.448 e. The van der Waals surface area contributed by atoms with Crippen LogP contribution < -0.4 is 0 Å². The van der Waals surface area contributed by atoms with Crippen LogP contribution in [0.3, 0.4) is 0 Å². The third-order valence-corrected chi connectivity index (χ3v) is 0.415. The smallest absolute Gasteiger partial charge is 0.216 e. The van der Waals surface area contributed by atoms with Crippen LogP contribution in [0.2, 0.25) is 0 Å². The van der Waals surface area contributed by atoms with Gasteiger partial charge in [-0.05, 0) is 0 Å². The first-order valence-corrected chi connectivity index (χ1v) is 2.26. The van der Waals surface area contributed by atoms with Gasteiger partial charge in [-0.1, -0.05) is 6.58 Å². The van der Waals surface area contributed by atoms with E-state index in [-0.39, 0.29) is 18.7 Å². The quantitative estimate of drug-likeness (QED) is 0.551. The Morgan fingerprint density at radius 3 is 1.31 bits per heavy atom. The van der Waals surface area contributed by atoms with Crippen molar-refractivity contribution in [2.75, 3.05) is 0 Å². The molecule has 0 aromatic heterocycles. The van der Waals surface area contributed by atoms with Crippen molar-refractivity contribution in [2.45, 2.75) is 6.18 Å². The lowest BCUT2D eigenvalue weighted by Crippen LogP contribution is -2.08. The summed E-state index contributed by atoms with van der Waals surface area (Å²) in [7, 11) is 0. The number of allylic oxidation sites excluding steroid dienone is 1. The van der Waals surface area contributed by atoms with Gasteiger partial charge in [-0.2, -0.15) is 26.3 Å². The highest BCUT2D eigenvalue weighted by Gasteiger charge is 2.38. The van der Waals surface area contributed by atoms with E-state index in [9.17, 15) is 30.7 Å². The van der Waals surface area contributed by atoms with Gasteiger partial charge >= 0.3 is 12.3 Å². The van der Waals surface area contributed by atoms with E-state index in [4.69, 9.17) is 0 Å². The molecule has 80 valence electrons. The molecule has 0 aliphatic carbocycles. The fourth-order valence-corrected chi connectivity index (χ4v) is 0.107. The van der Waals surface area contributed by atoms with Gasteiger partial charge in [0.05, 0.1) is 6.33 Å². The van der Waals surface area contributed by atoms with E-state index < -0.39 is 18.1 Å². The minimum absolute atomic E-state index is 0. The average Bonchev–Trinajstić information content (AvgIpc) is 1.85. The molecule has 0 amide bonds. The molecule has 0 rings (SSSR count). The summed E-state index contributed by atoms with van der Waals surface area (Å²) in [6.45, 7) is 2.69. The van der Waals surface area contributed by atoms with Crippen molar-refractivity contribution in [2.24, 2.45) is 0 Å². The van der Waals surface area contributed by atoms with Crippen LogP contribution in [0, 0.1) is 0 Å². The molecular weight excluding hydrogens is 228 g/mol. The Balaban J connectivity index is -0.000000220. The van der Waals surface area contributed by atoms with Gasteiger partial charge in [0, 0.05) is 0 Å². The van der Waals surface area contributed by atoms with E-state index in [1.807, 2.05) is 0 Å². The Hall–Kier alpha value is -0.720. The molecule has 0 aliphatic rings. The molecule has 0 aromatic carbocycles. The summed E-state index contributed by atoms with van der Waals surface area (Å²) in [6.07, 6.45) is -8.65. The third kappa shape index (κ3) is 11.3. The van der Waals surface area contributed by atoms with E-state index in [2.05, 4.69) is 6.58 Å². The Bertz CT molecular complexity index is 166. The topological polar surface area (TPSA) is 0 Å². The molecule has 0 aliphatic heterocycles. The predicted octanol–water partition coefficient (Wildman–Crippen LogP) is 4.15. The van der Waals surface area contributed by atoms with Crippen molar-refractivity contribution in [1.29, 1.82) is 0 Å².